The average Bonchev–Trinajstić information content (AvgIpc) is 2.35. The Bertz CT molecular complexity index is 391. The molecule has 0 heterocycles. The summed E-state index contributed by atoms with van der Waals surface area (Å²) in [7, 11) is 1.29. The van der Waals surface area contributed by atoms with Crippen LogP contribution in [-0.2, 0) is 15.9 Å². The second-order valence-electron chi connectivity index (χ2n) is 4.51. The molecule has 1 aromatic rings. The Kier molecular flexibility index (Phi) is 5.98. The third kappa shape index (κ3) is 5.53. The van der Waals surface area contributed by atoms with E-state index in [2.05, 4.69) is 42.8 Å². The summed E-state index contributed by atoms with van der Waals surface area (Å²) in [6.45, 7) is 4.64. The van der Waals surface area contributed by atoms with Crippen LogP contribution in [0.5, 0.6) is 0 Å². The van der Waals surface area contributed by atoms with Gasteiger partial charge in [0.05, 0.1) is 7.11 Å². The number of carbonyl (C=O) groups excluding carboxylic acids is 1. The molecule has 3 nitrogen and oxygen atoms in total. The minimum Gasteiger partial charge on any atom is -0.438 e. The Morgan fingerprint density at radius 3 is 2.50 bits per heavy atom. The van der Waals surface area contributed by atoms with E-state index < -0.39 is 6.16 Å². The van der Waals surface area contributed by atoms with Crippen molar-refractivity contribution in [2.45, 2.75) is 20.3 Å². The number of rotatable bonds is 5. The first kappa shape index (κ1) is 14.3. The molecule has 3 heteroatoms. The lowest BCUT2D eigenvalue weighted by Gasteiger charge is -2.04. The lowest BCUT2D eigenvalue weighted by atomic mass is 10.0. The van der Waals surface area contributed by atoms with Crippen molar-refractivity contribution in [3.8, 4) is 0 Å². The van der Waals surface area contributed by atoms with Gasteiger partial charge in [0, 0.05) is 0 Å². The van der Waals surface area contributed by atoms with Crippen molar-refractivity contribution in [3.63, 3.8) is 0 Å². The molecule has 0 atom stereocenters. The maximum atomic E-state index is 10.7. The molecule has 0 amide bonds. The number of benzene rings is 1. The van der Waals surface area contributed by atoms with E-state index in [1.807, 2.05) is 6.08 Å². The fraction of sp³-hybridized carbons (Fsp3) is 0.400. The number of carbonyl (C=O) groups is 1. The van der Waals surface area contributed by atoms with Crippen LogP contribution in [0.1, 0.15) is 25.0 Å². The van der Waals surface area contributed by atoms with E-state index in [0.29, 0.717) is 5.92 Å². The molecule has 0 bridgehead atoms. The number of hydrogen-bond acceptors (Lipinski definition) is 3. The van der Waals surface area contributed by atoms with Crippen molar-refractivity contribution in [2.75, 3.05) is 13.7 Å². The maximum absolute atomic E-state index is 10.7. The van der Waals surface area contributed by atoms with Crippen molar-refractivity contribution >= 4 is 12.2 Å². The highest BCUT2D eigenvalue weighted by Crippen LogP contribution is 2.10. The van der Waals surface area contributed by atoms with Gasteiger partial charge in [0.2, 0.25) is 0 Å². The highest BCUT2D eigenvalue weighted by atomic mass is 16.7. The summed E-state index contributed by atoms with van der Waals surface area (Å²) >= 11 is 0. The fourth-order valence-corrected chi connectivity index (χ4v) is 1.60. The maximum Gasteiger partial charge on any atom is 0.508 e. The third-order valence-corrected chi connectivity index (χ3v) is 2.40. The third-order valence-electron chi connectivity index (χ3n) is 2.40. The van der Waals surface area contributed by atoms with Crippen molar-refractivity contribution in [1.82, 2.24) is 0 Å². The van der Waals surface area contributed by atoms with Crippen LogP contribution in [-0.4, -0.2) is 19.9 Å². The molecule has 0 radical (unpaired) electrons. The number of hydrogen-bond donors (Lipinski definition) is 0. The standard InChI is InChI=1S/C15H20O3/c1-12(2)11-14-8-6-13(7-9-14)5-4-10-18-15(16)17-3/h4-9,12H,10-11H2,1-3H3/b5-4+. The summed E-state index contributed by atoms with van der Waals surface area (Å²) in [5.41, 5.74) is 2.43. The quantitative estimate of drug-likeness (QED) is 0.746. The van der Waals surface area contributed by atoms with E-state index in [4.69, 9.17) is 4.74 Å². The first-order valence-electron chi connectivity index (χ1n) is 6.08. The first-order valence-corrected chi connectivity index (χ1v) is 6.08. The van der Waals surface area contributed by atoms with E-state index >= 15 is 0 Å². The molecule has 0 unspecified atom stereocenters. The normalized spacial score (nSPS) is 10.9. The van der Waals surface area contributed by atoms with Crippen LogP contribution in [0.2, 0.25) is 0 Å². The molecule has 1 rings (SSSR count). The monoisotopic (exact) mass is 248 g/mol. The van der Waals surface area contributed by atoms with Crippen LogP contribution < -0.4 is 0 Å². The lowest BCUT2D eigenvalue weighted by molar-refractivity contribution is 0.0819. The molecule has 0 aromatic heterocycles. The Morgan fingerprint density at radius 2 is 1.94 bits per heavy atom. The second-order valence-corrected chi connectivity index (χ2v) is 4.51. The molecule has 18 heavy (non-hydrogen) atoms. The van der Waals surface area contributed by atoms with Gasteiger partial charge in [-0.05, 0) is 29.5 Å². The molecule has 0 aliphatic carbocycles. The van der Waals surface area contributed by atoms with Crippen LogP contribution >= 0.6 is 0 Å². The largest absolute Gasteiger partial charge is 0.508 e. The van der Waals surface area contributed by atoms with Gasteiger partial charge in [-0.2, -0.15) is 0 Å². The Morgan fingerprint density at radius 1 is 1.28 bits per heavy atom. The zero-order valence-electron chi connectivity index (χ0n) is 11.2. The summed E-state index contributed by atoms with van der Waals surface area (Å²) in [5.74, 6) is 0.667. The molecular weight excluding hydrogens is 228 g/mol. The van der Waals surface area contributed by atoms with Gasteiger partial charge in [0.25, 0.3) is 0 Å². The summed E-state index contributed by atoms with van der Waals surface area (Å²) in [6, 6.07) is 8.38. The molecule has 0 fully saturated rings. The molecule has 98 valence electrons. The van der Waals surface area contributed by atoms with Crippen molar-refractivity contribution in [1.29, 1.82) is 0 Å². The van der Waals surface area contributed by atoms with Gasteiger partial charge in [0.1, 0.15) is 6.61 Å². The summed E-state index contributed by atoms with van der Waals surface area (Å²) in [6.07, 6.45) is 4.14. The summed E-state index contributed by atoms with van der Waals surface area (Å²) < 4.78 is 9.10. The molecule has 0 saturated carbocycles. The van der Waals surface area contributed by atoms with E-state index in [9.17, 15) is 4.79 Å². The van der Waals surface area contributed by atoms with Crippen LogP contribution in [0, 0.1) is 5.92 Å². The van der Waals surface area contributed by atoms with Gasteiger partial charge in [-0.3, -0.25) is 0 Å². The number of methoxy groups -OCH3 is 1. The van der Waals surface area contributed by atoms with Gasteiger partial charge >= 0.3 is 6.16 Å². The van der Waals surface area contributed by atoms with Crippen LogP contribution in [0.4, 0.5) is 4.79 Å². The minimum absolute atomic E-state index is 0.223. The van der Waals surface area contributed by atoms with E-state index in [1.165, 1.54) is 12.7 Å². The minimum atomic E-state index is -0.660. The van der Waals surface area contributed by atoms with Gasteiger partial charge in [-0.15, -0.1) is 0 Å². The molecule has 1 aromatic carbocycles. The molecule has 0 aliphatic heterocycles. The van der Waals surface area contributed by atoms with Gasteiger partial charge < -0.3 is 9.47 Å². The molecular formula is C15H20O3. The first-order chi connectivity index (χ1) is 8.61. The lowest BCUT2D eigenvalue weighted by Crippen LogP contribution is -2.03. The summed E-state index contributed by atoms with van der Waals surface area (Å²) in [4.78, 5) is 10.7. The second kappa shape index (κ2) is 7.54. The fourth-order valence-electron chi connectivity index (χ4n) is 1.60. The zero-order chi connectivity index (χ0) is 13.4. The smallest absolute Gasteiger partial charge is 0.438 e. The van der Waals surface area contributed by atoms with Crippen LogP contribution in [0.3, 0.4) is 0 Å². The van der Waals surface area contributed by atoms with Crippen molar-refractivity contribution in [2.24, 2.45) is 5.92 Å². The van der Waals surface area contributed by atoms with Crippen molar-refractivity contribution < 1.29 is 14.3 Å². The zero-order valence-corrected chi connectivity index (χ0v) is 11.2. The van der Waals surface area contributed by atoms with Gasteiger partial charge in [0.15, 0.2) is 0 Å². The molecule has 0 N–H and O–H groups in total. The highest BCUT2D eigenvalue weighted by Gasteiger charge is 1.98. The Balaban J connectivity index is 2.43. The average molecular weight is 248 g/mol. The van der Waals surface area contributed by atoms with Gasteiger partial charge in [-0.25, -0.2) is 4.79 Å². The van der Waals surface area contributed by atoms with Gasteiger partial charge in [-0.1, -0.05) is 44.2 Å². The van der Waals surface area contributed by atoms with E-state index in [1.54, 1.807) is 6.08 Å². The van der Waals surface area contributed by atoms with Crippen molar-refractivity contribution in [3.05, 3.63) is 41.5 Å². The predicted molar refractivity (Wildman–Crippen MR) is 72.4 cm³/mol. The van der Waals surface area contributed by atoms with Crippen LogP contribution in [0.25, 0.3) is 6.08 Å². The predicted octanol–water partition coefficient (Wildman–Crippen LogP) is 3.68. The highest BCUT2D eigenvalue weighted by molar-refractivity contribution is 5.60. The topological polar surface area (TPSA) is 35.5 Å². The van der Waals surface area contributed by atoms with E-state index in [0.717, 1.165) is 12.0 Å². The SMILES string of the molecule is COC(=O)OC/C=C/c1ccc(CC(C)C)cc1. The molecule has 0 saturated heterocycles. The summed E-state index contributed by atoms with van der Waals surface area (Å²) in [5, 5.41) is 0. The molecule has 0 aliphatic rings. The van der Waals surface area contributed by atoms with Crippen LogP contribution in [0.15, 0.2) is 30.3 Å². The van der Waals surface area contributed by atoms with E-state index in [-0.39, 0.29) is 6.61 Å². The molecule has 0 spiro atoms. The number of ether oxygens (including phenoxy) is 2. The Labute approximate surface area is 108 Å². The Hall–Kier alpha value is -1.77.